The molecule has 6 nitrogen and oxygen atoms in total. The third-order valence-electron chi connectivity index (χ3n) is 3.13. The lowest BCUT2D eigenvalue weighted by atomic mass is 10.1. The molecule has 1 N–H and O–H groups in total. The Labute approximate surface area is 117 Å². The topological polar surface area (TPSA) is 69.4 Å². The molecule has 1 aliphatic rings. The number of rotatable bonds is 4. The molecule has 2 heterocycles. The summed E-state index contributed by atoms with van der Waals surface area (Å²) in [7, 11) is 0. The summed E-state index contributed by atoms with van der Waals surface area (Å²) in [6, 6.07) is 5.82. The standard InChI is InChI=1S/C14H17N3O3/c1-3-18-9(2)13-16-14(20-17-13)10-5-4-6-11-12(10)19-8-7-15-11/h4-6,9,15H,3,7-8H2,1-2H3. The minimum atomic E-state index is -0.184. The maximum Gasteiger partial charge on any atom is 0.261 e. The molecule has 1 unspecified atom stereocenters. The van der Waals surface area contributed by atoms with E-state index in [-0.39, 0.29) is 6.10 Å². The number of nitrogens with one attached hydrogen (secondary N) is 1. The van der Waals surface area contributed by atoms with Gasteiger partial charge in [0.2, 0.25) is 5.82 Å². The van der Waals surface area contributed by atoms with Crippen LogP contribution in [0.25, 0.3) is 11.5 Å². The lowest BCUT2D eigenvalue weighted by molar-refractivity contribution is 0.0683. The monoisotopic (exact) mass is 275 g/mol. The molecule has 0 saturated heterocycles. The summed E-state index contributed by atoms with van der Waals surface area (Å²) in [6.45, 7) is 5.87. The molecule has 20 heavy (non-hydrogen) atoms. The quantitative estimate of drug-likeness (QED) is 0.925. The Hall–Kier alpha value is -2.08. The molecule has 0 bridgehead atoms. The van der Waals surface area contributed by atoms with E-state index in [0.717, 1.165) is 23.5 Å². The van der Waals surface area contributed by atoms with E-state index in [4.69, 9.17) is 14.0 Å². The fourth-order valence-electron chi connectivity index (χ4n) is 2.17. The summed E-state index contributed by atoms with van der Waals surface area (Å²) in [5.41, 5.74) is 1.75. The van der Waals surface area contributed by atoms with Gasteiger partial charge in [-0.3, -0.25) is 0 Å². The molecule has 2 aromatic rings. The molecule has 1 aliphatic heterocycles. The van der Waals surface area contributed by atoms with Gasteiger partial charge in [-0.05, 0) is 26.0 Å². The molecule has 0 fully saturated rings. The van der Waals surface area contributed by atoms with E-state index < -0.39 is 0 Å². The van der Waals surface area contributed by atoms with Crippen molar-refractivity contribution in [2.45, 2.75) is 20.0 Å². The van der Waals surface area contributed by atoms with Crippen LogP contribution in [0.5, 0.6) is 5.75 Å². The van der Waals surface area contributed by atoms with Crippen LogP contribution in [0.2, 0.25) is 0 Å². The molecule has 0 radical (unpaired) electrons. The van der Waals surface area contributed by atoms with Gasteiger partial charge in [-0.25, -0.2) is 0 Å². The summed E-state index contributed by atoms with van der Waals surface area (Å²) < 4.78 is 16.5. The van der Waals surface area contributed by atoms with E-state index in [1.807, 2.05) is 32.0 Å². The largest absolute Gasteiger partial charge is 0.489 e. The van der Waals surface area contributed by atoms with Crippen LogP contribution in [0.3, 0.4) is 0 Å². The first-order valence-electron chi connectivity index (χ1n) is 6.75. The highest BCUT2D eigenvalue weighted by molar-refractivity contribution is 5.74. The maximum absolute atomic E-state index is 5.70. The third-order valence-corrected chi connectivity index (χ3v) is 3.13. The molecule has 1 atom stereocenters. The first-order valence-corrected chi connectivity index (χ1v) is 6.75. The van der Waals surface area contributed by atoms with Crippen LogP contribution in [-0.2, 0) is 4.74 Å². The molecule has 0 spiro atoms. The number of hydrogen-bond donors (Lipinski definition) is 1. The Kier molecular flexibility index (Phi) is 3.56. The SMILES string of the molecule is CCOC(C)c1noc(-c2cccc3c2OCCN3)n1. The smallest absolute Gasteiger partial charge is 0.261 e. The van der Waals surface area contributed by atoms with Gasteiger partial charge in [0, 0.05) is 13.2 Å². The lowest BCUT2D eigenvalue weighted by Crippen LogP contribution is -2.18. The van der Waals surface area contributed by atoms with Crippen LogP contribution < -0.4 is 10.1 Å². The van der Waals surface area contributed by atoms with Crippen molar-refractivity contribution in [1.82, 2.24) is 10.1 Å². The molecule has 1 aromatic heterocycles. The number of anilines is 1. The summed E-state index contributed by atoms with van der Waals surface area (Å²) in [5, 5.41) is 7.26. The minimum Gasteiger partial charge on any atom is -0.489 e. The van der Waals surface area contributed by atoms with E-state index >= 15 is 0 Å². The minimum absolute atomic E-state index is 0.184. The average molecular weight is 275 g/mol. The molecule has 0 amide bonds. The van der Waals surface area contributed by atoms with E-state index in [0.29, 0.717) is 24.9 Å². The van der Waals surface area contributed by atoms with Gasteiger partial charge in [0.15, 0.2) is 5.75 Å². The van der Waals surface area contributed by atoms with Crippen molar-refractivity contribution in [3.63, 3.8) is 0 Å². The third kappa shape index (κ3) is 2.34. The average Bonchev–Trinajstić information content (AvgIpc) is 2.97. The first-order chi connectivity index (χ1) is 9.79. The second-order valence-electron chi connectivity index (χ2n) is 4.51. The first kappa shape index (κ1) is 12.9. The van der Waals surface area contributed by atoms with Gasteiger partial charge >= 0.3 is 0 Å². The Morgan fingerprint density at radius 3 is 3.20 bits per heavy atom. The van der Waals surface area contributed by atoms with E-state index in [1.54, 1.807) is 0 Å². The fourth-order valence-corrected chi connectivity index (χ4v) is 2.17. The molecular formula is C14H17N3O3. The Balaban J connectivity index is 1.94. The Bertz CT molecular complexity index is 597. The highest BCUT2D eigenvalue weighted by atomic mass is 16.5. The number of nitrogens with zero attached hydrogens (tertiary/aromatic N) is 2. The highest BCUT2D eigenvalue weighted by Crippen LogP contribution is 2.37. The second-order valence-corrected chi connectivity index (χ2v) is 4.51. The second kappa shape index (κ2) is 5.50. The summed E-state index contributed by atoms with van der Waals surface area (Å²) in [5.74, 6) is 1.76. The van der Waals surface area contributed by atoms with Gasteiger partial charge in [0.05, 0.1) is 11.3 Å². The van der Waals surface area contributed by atoms with Gasteiger partial charge in [-0.15, -0.1) is 0 Å². The fraction of sp³-hybridized carbons (Fsp3) is 0.429. The number of hydrogen-bond acceptors (Lipinski definition) is 6. The zero-order chi connectivity index (χ0) is 13.9. The summed E-state index contributed by atoms with van der Waals surface area (Å²) in [4.78, 5) is 4.40. The number of aromatic nitrogens is 2. The molecule has 6 heteroatoms. The lowest BCUT2D eigenvalue weighted by Gasteiger charge is -2.20. The van der Waals surface area contributed by atoms with E-state index in [2.05, 4.69) is 15.5 Å². The van der Waals surface area contributed by atoms with Crippen molar-refractivity contribution < 1.29 is 14.0 Å². The summed E-state index contributed by atoms with van der Waals surface area (Å²) >= 11 is 0. The predicted octanol–water partition coefficient (Wildman–Crippen LogP) is 2.64. The van der Waals surface area contributed by atoms with Gasteiger partial charge in [0.25, 0.3) is 5.89 Å². The van der Waals surface area contributed by atoms with Crippen LogP contribution in [0.1, 0.15) is 25.8 Å². The summed E-state index contributed by atoms with van der Waals surface area (Å²) in [6.07, 6.45) is -0.184. The highest BCUT2D eigenvalue weighted by Gasteiger charge is 2.21. The van der Waals surface area contributed by atoms with Crippen molar-refractivity contribution in [2.24, 2.45) is 0 Å². The molecule has 3 rings (SSSR count). The maximum atomic E-state index is 5.70. The van der Waals surface area contributed by atoms with Crippen LogP contribution in [0.15, 0.2) is 22.7 Å². The number of fused-ring (bicyclic) bond motifs is 1. The Morgan fingerprint density at radius 1 is 1.45 bits per heavy atom. The van der Waals surface area contributed by atoms with Crippen LogP contribution in [0.4, 0.5) is 5.69 Å². The van der Waals surface area contributed by atoms with Gasteiger partial charge in [-0.1, -0.05) is 11.2 Å². The zero-order valence-electron chi connectivity index (χ0n) is 11.5. The number of para-hydroxylation sites is 1. The van der Waals surface area contributed by atoms with Crippen LogP contribution in [0, 0.1) is 0 Å². The van der Waals surface area contributed by atoms with Crippen LogP contribution >= 0.6 is 0 Å². The van der Waals surface area contributed by atoms with Crippen molar-refractivity contribution in [3.8, 4) is 17.2 Å². The van der Waals surface area contributed by atoms with Crippen molar-refractivity contribution in [1.29, 1.82) is 0 Å². The zero-order valence-corrected chi connectivity index (χ0v) is 11.5. The molecule has 0 aliphatic carbocycles. The van der Waals surface area contributed by atoms with Gasteiger partial charge in [-0.2, -0.15) is 4.98 Å². The van der Waals surface area contributed by atoms with E-state index in [1.165, 1.54) is 0 Å². The molecule has 1 aromatic carbocycles. The normalized spacial score (nSPS) is 15.1. The molecular weight excluding hydrogens is 258 g/mol. The van der Waals surface area contributed by atoms with Gasteiger partial charge in [0.1, 0.15) is 12.7 Å². The number of benzene rings is 1. The number of ether oxygens (including phenoxy) is 2. The van der Waals surface area contributed by atoms with Crippen molar-refractivity contribution in [3.05, 3.63) is 24.0 Å². The van der Waals surface area contributed by atoms with E-state index in [9.17, 15) is 0 Å². The molecule has 106 valence electrons. The molecule has 0 saturated carbocycles. The van der Waals surface area contributed by atoms with Gasteiger partial charge < -0.3 is 19.3 Å². The Morgan fingerprint density at radius 2 is 2.35 bits per heavy atom. The predicted molar refractivity (Wildman–Crippen MR) is 73.8 cm³/mol. The van der Waals surface area contributed by atoms with Crippen molar-refractivity contribution >= 4 is 5.69 Å². The van der Waals surface area contributed by atoms with Crippen molar-refractivity contribution in [2.75, 3.05) is 25.1 Å². The van der Waals surface area contributed by atoms with Crippen LogP contribution in [-0.4, -0.2) is 29.9 Å².